The van der Waals surface area contributed by atoms with Gasteiger partial charge in [0.15, 0.2) is 0 Å². The average Bonchev–Trinajstić information content (AvgIpc) is 3.33. The van der Waals surface area contributed by atoms with Crippen LogP contribution < -0.4 is 10.1 Å². The first-order valence-electron chi connectivity index (χ1n) is 9.64. The van der Waals surface area contributed by atoms with E-state index < -0.39 is 0 Å². The molecule has 29 heavy (non-hydrogen) atoms. The molecule has 2 aromatic heterocycles. The van der Waals surface area contributed by atoms with Crippen LogP contribution in [0.4, 0.5) is 5.82 Å². The zero-order valence-corrected chi connectivity index (χ0v) is 16.9. The first kappa shape index (κ1) is 19.5. The van der Waals surface area contributed by atoms with Gasteiger partial charge in [-0.15, -0.1) is 11.3 Å². The van der Waals surface area contributed by atoms with Gasteiger partial charge in [0.2, 0.25) is 5.78 Å². The van der Waals surface area contributed by atoms with Gasteiger partial charge in [0, 0.05) is 17.8 Å². The summed E-state index contributed by atoms with van der Waals surface area (Å²) in [5.41, 5.74) is 1.39. The second-order valence-electron chi connectivity index (χ2n) is 7.39. The number of nitrogens with zero attached hydrogens (tertiary/aromatic N) is 2. The van der Waals surface area contributed by atoms with E-state index >= 15 is 0 Å². The summed E-state index contributed by atoms with van der Waals surface area (Å²) in [6, 6.07) is 11.5. The Bertz CT molecular complexity index is 966. The van der Waals surface area contributed by atoms with Crippen LogP contribution in [0, 0.1) is 5.92 Å². The van der Waals surface area contributed by atoms with Crippen molar-refractivity contribution in [3.05, 3.63) is 70.3 Å². The zero-order chi connectivity index (χ0) is 20.2. The molecule has 1 fully saturated rings. The number of thiophene rings is 1. The maximum Gasteiger partial charge on any atom is 0.208 e. The normalized spacial score (nSPS) is 21.1. The summed E-state index contributed by atoms with van der Waals surface area (Å²) in [5.74, 6) is 1.43. The molecule has 1 aromatic carbocycles. The molecule has 150 valence electrons. The Morgan fingerprint density at radius 3 is 2.90 bits per heavy atom. The van der Waals surface area contributed by atoms with Gasteiger partial charge < -0.3 is 15.2 Å². The highest BCUT2D eigenvalue weighted by Crippen LogP contribution is 2.29. The van der Waals surface area contributed by atoms with Crippen LogP contribution in [0.5, 0.6) is 5.75 Å². The number of hydrogen-bond donors (Lipinski definition) is 2. The topological polar surface area (TPSA) is 84.3 Å². The third-order valence-electron chi connectivity index (χ3n) is 5.16. The van der Waals surface area contributed by atoms with Crippen LogP contribution in [0.25, 0.3) is 0 Å². The van der Waals surface area contributed by atoms with Crippen LogP contribution in [-0.2, 0) is 6.61 Å². The number of anilines is 1. The summed E-state index contributed by atoms with van der Waals surface area (Å²) in [5, 5.41) is 15.2. The summed E-state index contributed by atoms with van der Waals surface area (Å²) in [7, 11) is 0. The van der Waals surface area contributed by atoms with Gasteiger partial charge in [-0.25, -0.2) is 9.97 Å². The molecule has 0 bridgehead atoms. The van der Waals surface area contributed by atoms with E-state index in [0.717, 1.165) is 17.7 Å². The van der Waals surface area contributed by atoms with Crippen molar-refractivity contribution in [3.63, 3.8) is 0 Å². The molecule has 1 aliphatic rings. The first-order chi connectivity index (χ1) is 14.1. The monoisotopic (exact) mass is 409 g/mol. The number of nitrogens with one attached hydrogen (secondary N) is 1. The molecule has 0 spiro atoms. The van der Waals surface area contributed by atoms with Gasteiger partial charge in [-0.1, -0.05) is 25.1 Å². The van der Waals surface area contributed by atoms with Crippen molar-refractivity contribution in [3.8, 4) is 5.75 Å². The molecular weight excluding hydrogens is 386 g/mol. The average molecular weight is 410 g/mol. The highest BCUT2D eigenvalue weighted by Gasteiger charge is 2.30. The van der Waals surface area contributed by atoms with Crippen molar-refractivity contribution in [2.24, 2.45) is 5.92 Å². The highest BCUT2D eigenvalue weighted by molar-refractivity contribution is 7.12. The Labute approximate surface area is 173 Å². The zero-order valence-electron chi connectivity index (χ0n) is 16.1. The SMILES string of the molecule is C[C@@H]1C[C@@H](Nc2ncncc2C(=O)c2cc(COc3ccccc3)cs2)C[C@@H]1O. The number of aliphatic hydroxyl groups excluding tert-OH is 1. The lowest BCUT2D eigenvalue weighted by Gasteiger charge is -2.15. The first-order valence-corrected chi connectivity index (χ1v) is 10.5. The summed E-state index contributed by atoms with van der Waals surface area (Å²) >= 11 is 1.39. The van der Waals surface area contributed by atoms with Gasteiger partial charge in [0.05, 0.1) is 16.5 Å². The summed E-state index contributed by atoms with van der Waals surface area (Å²) in [6.07, 6.45) is 4.16. The van der Waals surface area contributed by atoms with Crippen molar-refractivity contribution in [2.45, 2.75) is 38.5 Å². The second-order valence-corrected chi connectivity index (χ2v) is 8.30. The van der Waals surface area contributed by atoms with E-state index in [1.807, 2.05) is 48.7 Å². The summed E-state index contributed by atoms with van der Waals surface area (Å²) in [6.45, 7) is 2.44. The van der Waals surface area contributed by atoms with E-state index in [1.54, 1.807) is 6.20 Å². The largest absolute Gasteiger partial charge is 0.489 e. The fraction of sp³-hybridized carbons (Fsp3) is 0.318. The number of aliphatic hydroxyl groups is 1. The number of aromatic nitrogens is 2. The number of benzene rings is 1. The molecule has 2 heterocycles. The molecule has 7 heteroatoms. The van der Waals surface area contributed by atoms with E-state index in [2.05, 4.69) is 15.3 Å². The molecule has 6 nitrogen and oxygen atoms in total. The molecule has 0 saturated heterocycles. The van der Waals surface area contributed by atoms with E-state index in [9.17, 15) is 9.90 Å². The second kappa shape index (κ2) is 8.71. The van der Waals surface area contributed by atoms with Crippen LogP contribution in [-0.4, -0.2) is 33.0 Å². The fourth-order valence-electron chi connectivity index (χ4n) is 3.53. The number of rotatable bonds is 7. The van der Waals surface area contributed by atoms with Gasteiger partial charge in [-0.2, -0.15) is 0 Å². The number of ketones is 1. The number of carbonyl (C=O) groups excluding carboxylic acids is 1. The number of ether oxygens (including phenoxy) is 1. The van der Waals surface area contributed by atoms with Crippen LogP contribution in [0.3, 0.4) is 0 Å². The van der Waals surface area contributed by atoms with E-state index in [1.165, 1.54) is 17.7 Å². The summed E-state index contributed by atoms with van der Waals surface area (Å²) < 4.78 is 5.76. The van der Waals surface area contributed by atoms with Crippen molar-refractivity contribution in [1.29, 1.82) is 0 Å². The van der Waals surface area contributed by atoms with Gasteiger partial charge in [-0.3, -0.25) is 4.79 Å². The molecule has 0 amide bonds. The van der Waals surface area contributed by atoms with E-state index in [4.69, 9.17) is 4.74 Å². The minimum Gasteiger partial charge on any atom is -0.489 e. The van der Waals surface area contributed by atoms with Gasteiger partial charge in [0.1, 0.15) is 24.5 Å². The third-order valence-corrected chi connectivity index (χ3v) is 6.14. The molecule has 0 unspecified atom stereocenters. The minimum absolute atomic E-state index is 0.0969. The third kappa shape index (κ3) is 4.63. The standard InChI is InChI=1S/C22H23N3O3S/c1-14-7-16(9-19(14)26)25-22-18(10-23-13-24-22)21(27)20-8-15(12-29-20)11-28-17-5-3-2-4-6-17/h2-6,8,10,12-14,16,19,26H,7,9,11H2,1H3,(H,23,24,25)/t14-,16-,19+/m1/s1. The molecule has 4 rings (SSSR count). The van der Waals surface area contributed by atoms with E-state index in [-0.39, 0.29) is 23.8 Å². The van der Waals surface area contributed by atoms with Gasteiger partial charge >= 0.3 is 0 Å². The van der Waals surface area contributed by atoms with Crippen molar-refractivity contribution in [1.82, 2.24) is 9.97 Å². The lowest BCUT2D eigenvalue weighted by Crippen LogP contribution is -2.20. The molecule has 3 atom stereocenters. The maximum absolute atomic E-state index is 13.1. The predicted molar refractivity (Wildman–Crippen MR) is 112 cm³/mol. The molecule has 1 aliphatic carbocycles. The van der Waals surface area contributed by atoms with Gasteiger partial charge in [0.25, 0.3) is 0 Å². The summed E-state index contributed by atoms with van der Waals surface area (Å²) in [4.78, 5) is 22.0. The predicted octanol–water partition coefficient (Wildman–Crippen LogP) is 3.92. The van der Waals surface area contributed by atoms with Crippen molar-refractivity contribution >= 4 is 22.9 Å². The van der Waals surface area contributed by atoms with Crippen LogP contribution in [0.1, 0.15) is 40.6 Å². The lowest BCUT2D eigenvalue weighted by atomic mass is 10.1. The van der Waals surface area contributed by atoms with Crippen LogP contribution in [0.15, 0.2) is 54.3 Å². The van der Waals surface area contributed by atoms with Crippen molar-refractivity contribution in [2.75, 3.05) is 5.32 Å². The Morgan fingerprint density at radius 1 is 1.31 bits per heavy atom. The van der Waals surface area contributed by atoms with Crippen LogP contribution in [0.2, 0.25) is 0 Å². The lowest BCUT2D eigenvalue weighted by molar-refractivity contribution is 0.104. The van der Waals surface area contributed by atoms with Crippen LogP contribution >= 0.6 is 11.3 Å². The Morgan fingerprint density at radius 2 is 2.14 bits per heavy atom. The maximum atomic E-state index is 13.1. The smallest absolute Gasteiger partial charge is 0.208 e. The molecule has 0 radical (unpaired) electrons. The van der Waals surface area contributed by atoms with Crippen molar-refractivity contribution < 1.29 is 14.6 Å². The minimum atomic E-state index is -0.321. The highest BCUT2D eigenvalue weighted by atomic mass is 32.1. The quantitative estimate of drug-likeness (QED) is 0.576. The fourth-order valence-corrected chi connectivity index (χ4v) is 4.39. The molecular formula is C22H23N3O3S. The van der Waals surface area contributed by atoms with E-state index in [0.29, 0.717) is 29.3 Å². The van der Waals surface area contributed by atoms with Gasteiger partial charge in [-0.05, 0) is 42.3 Å². The molecule has 1 saturated carbocycles. The molecule has 2 N–H and O–H groups in total. The number of para-hydroxylation sites is 1. The Hall–Kier alpha value is -2.77. The number of carbonyl (C=O) groups is 1. The molecule has 3 aromatic rings. The molecule has 0 aliphatic heterocycles. The Kier molecular flexibility index (Phi) is 5.87. The number of hydrogen-bond acceptors (Lipinski definition) is 7. The Balaban J connectivity index is 1.45.